The van der Waals surface area contributed by atoms with E-state index < -0.39 is 0 Å². The standard InChI is InChI=1S/C15H16FNO2/c1-9-3-4-11(7-14(9)16)17-10(2)13-8-12(18)5-6-15(13)19/h3-8,10,17-19H,1-2H3. The second kappa shape index (κ2) is 5.18. The molecule has 100 valence electrons. The van der Waals surface area contributed by atoms with E-state index in [-0.39, 0.29) is 23.4 Å². The van der Waals surface area contributed by atoms with Crippen molar-refractivity contribution < 1.29 is 14.6 Å². The Labute approximate surface area is 111 Å². The van der Waals surface area contributed by atoms with Gasteiger partial charge in [-0.15, -0.1) is 0 Å². The molecule has 2 aromatic carbocycles. The zero-order valence-corrected chi connectivity index (χ0v) is 10.8. The first-order valence-corrected chi connectivity index (χ1v) is 6.02. The molecule has 3 nitrogen and oxygen atoms in total. The van der Waals surface area contributed by atoms with Gasteiger partial charge in [0.25, 0.3) is 0 Å². The quantitative estimate of drug-likeness (QED) is 0.738. The van der Waals surface area contributed by atoms with Gasteiger partial charge in [-0.05, 0) is 49.7 Å². The van der Waals surface area contributed by atoms with Gasteiger partial charge in [0.05, 0.1) is 6.04 Å². The predicted molar refractivity (Wildman–Crippen MR) is 72.9 cm³/mol. The van der Waals surface area contributed by atoms with E-state index in [9.17, 15) is 14.6 Å². The van der Waals surface area contributed by atoms with Crippen molar-refractivity contribution in [3.63, 3.8) is 0 Å². The second-order valence-electron chi connectivity index (χ2n) is 4.57. The topological polar surface area (TPSA) is 52.5 Å². The minimum atomic E-state index is -0.280. The summed E-state index contributed by atoms with van der Waals surface area (Å²) in [5.74, 6) is -0.112. The van der Waals surface area contributed by atoms with E-state index in [4.69, 9.17) is 0 Å². The van der Waals surface area contributed by atoms with Crippen LogP contribution in [0.3, 0.4) is 0 Å². The summed E-state index contributed by atoms with van der Waals surface area (Å²) < 4.78 is 13.4. The van der Waals surface area contributed by atoms with E-state index in [1.165, 1.54) is 24.3 Å². The van der Waals surface area contributed by atoms with Gasteiger partial charge in [0, 0.05) is 11.3 Å². The van der Waals surface area contributed by atoms with Crippen molar-refractivity contribution >= 4 is 5.69 Å². The van der Waals surface area contributed by atoms with Gasteiger partial charge in [-0.2, -0.15) is 0 Å². The summed E-state index contributed by atoms with van der Waals surface area (Å²) in [5.41, 5.74) is 1.76. The third-order valence-corrected chi connectivity index (χ3v) is 3.03. The number of anilines is 1. The Morgan fingerprint density at radius 2 is 1.84 bits per heavy atom. The molecule has 1 atom stereocenters. The average Bonchev–Trinajstić information content (AvgIpc) is 2.36. The maximum Gasteiger partial charge on any atom is 0.128 e. The van der Waals surface area contributed by atoms with E-state index in [0.717, 1.165) is 0 Å². The highest BCUT2D eigenvalue weighted by atomic mass is 19.1. The molecule has 0 saturated carbocycles. The molecule has 0 bridgehead atoms. The summed E-state index contributed by atoms with van der Waals surface area (Å²) in [6.45, 7) is 3.52. The highest BCUT2D eigenvalue weighted by Gasteiger charge is 2.11. The summed E-state index contributed by atoms with van der Waals surface area (Å²) in [6.07, 6.45) is 0. The number of hydrogen-bond donors (Lipinski definition) is 3. The molecule has 0 saturated heterocycles. The van der Waals surface area contributed by atoms with Crippen LogP contribution in [0.4, 0.5) is 10.1 Å². The molecule has 2 aromatic rings. The third-order valence-electron chi connectivity index (χ3n) is 3.03. The highest BCUT2D eigenvalue weighted by molar-refractivity contribution is 5.50. The van der Waals surface area contributed by atoms with Gasteiger partial charge < -0.3 is 15.5 Å². The van der Waals surface area contributed by atoms with Crippen LogP contribution in [-0.4, -0.2) is 10.2 Å². The Morgan fingerprint density at radius 3 is 2.53 bits per heavy atom. The van der Waals surface area contributed by atoms with E-state index in [2.05, 4.69) is 5.32 Å². The van der Waals surface area contributed by atoms with Gasteiger partial charge in [0.15, 0.2) is 0 Å². The lowest BCUT2D eigenvalue weighted by Gasteiger charge is -2.17. The van der Waals surface area contributed by atoms with Crippen LogP contribution in [0.25, 0.3) is 0 Å². The first-order chi connectivity index (χ1) is 8.97. The lowest BCUT2D eigenvalue weighted by molar-refractivity contribution is 0.451. The Morgan fingerprint density at radius 1 is 1.11 bits per heavy atom. The minimum absolute atomic E-state index is 0.0801. The van der Waals surface area contributed by atoms with E-state index in [1.807, 2.05) is 6.92 Å². The smallest absolute Gasteiger partial charge is 0.128 e. The molecule has 0 heterocycles. The van der Waals surface area contributed by atoms with E-state index in [0.29, 0.717) is 16.8 Å². The second-order valence-corrected chi connectivity index (χ2v) is 4.57. The molecule has 0 aliphatic carbocycles. The number of phenolic OH excluding ortho intramolecular Hbond substituents is 2. The summed E-state index contributed by atoms with van der Waals surface area (Å²) >= 11 is 0. The molecule has 0 aliphatic rings. The van der Waals surface area contributed by atoms with Crippen LogP contribution in [0.2, 0.25) is 0 Å². The number of rotatable bonds is 3. The zero-order chi connectivity index (χ0) is 14.0. The Kier molecular flexibility index (Phi) is 3.60. The van der Waals surface area contributed by atoms with Crippen molar-refractivity contribution in [1.29, 1.82) is 0 Å². The first kappa shape index (κ1) is 13.2. The van der Waals surface area contributed by atoms with Crippen molar-refractivity contribution in [2.24, 2.45) is 0 Å². The van der Waals surface area contributed by atoms with Gasteiger partial charge >= 0.3 is 0 Å². The Balaban J connectivity index is 2.22. The van der Waals surface area contributed by atoms with Crippen LogP contribution in [-0.2, 0) is 0 Å². The average molecular weight is 261 g/mol. The molecule has 1 unspecified atom stereocenters. The van der Waals surface area contributed by atoms with E-state index >= 15 is 0 Å². The fraction of sp³-hybridized carbons (Fsp3) is 0.200. The molecule has 0 amide bonds. The number of phenols is 2. The number of hydrogen-bond acceptors (Lipinski definition) is 3. The van der Waals surface area contributed by atoms with Gasteiger partial charge in [0.2, 0.25) is 0 Å². The molecule has 0 aromatic heterocycles. The molecule has 0 aliphatic heterocycles. The molecule has 0 spiro atoms. The molecule has 19 heavy (non-hydrogen) atoms. The summed E-state index contributed by atoms with van der Waals surface area (Å²) in [6, 6.07) is 8.94. The SMILES string of the molecule is Cc1ccc(NC(C)c2cc(O)ccc2O)cc1F. The van der Waals surface area contributed by atoms with Crippen molar-refractivity contribution in [3.05, 3.63) is 53.3 Å². The van der Waals surface area contributed by atoms with Crippen LogP contribution in [0.5, 0.6) is 11.5 Å². The lowest BCUT2D eigenvalue weighted by atomic mass is 10.1. The van der Waals surface area contributed by atoms with Crippen LogP contribution in [0.1, 0.15) is 24.1 Å². The van der Waals surface area contributed by atoms with Gasteiger partial charge in [0.1, 0.15) is 17.3 Å². The molecular formula is C15H16FNO2. The molecule has 2 rings (SSSR count). The molecule has 0 radical (unpaired) electrons. The van der Waals surface area contributed by atoms with Crippen LogP contribution < -0.4 is 5.32 Å². The molecule has 3 N–H and O–H groups in total. The predicted octanol–water partition coefficient (Wildman–Crippen LogP) is 3.72. The maximum absolute atomic E-state index is 13.4. The van der Waals surface area contributed by atoms with Crippen molar-refractivity contribution in [2.45, 2.75) is 19.9 Å². The van der Waals surface area contributed by atoms with Crippen molar-refractivity contribution in [2.75, 3.05) is 5.32 Å². The minimum Gasteiger partial charge on any atom is -0.508 e. The summed E-state index contributed by atoms with van der Waals surface area (Å²) in [4.78, 5) is 0. The monoisotopic (exact) mass is 261 g/mol. The number of aromatic hydroxyl groups is 2. The largest absolute Gasteiger partial charge is 0.508 e. The van der Waals surface area contributed by atoms with Crippen molar-refractivity contribution in [3.8, 4) is 11.5 Å². The summed E-state index contributed by atoms with van der Waals surface area (Å²) in [7, 11) is 0. The fourth-order valence-electron chi connectivity index (χ4n) is 1.90. The first-order valence-electron chi connectivity index (χ1n) is 6.02. The van der Waals surface area contributed by atoms with Crippen LogP contribution >= 0.6 is 0 Å². The fourth-order valence-corrected chi connectivity index (χ4v) is 1.90. The van der Waals surface area contributed by atoms with Gasteiger partial charge in [-0.3, -0.25) is 0 Å². The molecule has 4 heteroatoms. The zero-order valence-electron chi connectivity index (χ0n) is 10.8. The number of aryl methyl sites for hydroxylation is 1. The Bertz CT molecular complexity index is 599. The highest BCUT2D eigenvalue weighted by Crippen LogP contribution is 2.30. The Hall–Kier alpha value is -2.23. The number of nitrogens with one attached hydrogen (secondary N) is 1. The van der Waals surface area contributed by atoms with E-state index in [1.54, 1.807) is 19.1 Å². The molecular weight excluding hydrogens is 245 g/mol. The normalized spacial score (nSPS) is 12.2. The maximum atomic E-state index is 13.4. The molecule has 0 fully saturated rings. The number of benzene rings is 2. The van der Waals surface area contributed by atoms with Crippen LogP contribution in [0, 0.1) is 12.7 Å². The van der Waals surface area contributed by atoms with Crippen LogP contribution in [0.15, 0.2) is 36.4 Å². The number of halogens is 1. The van der Waals surface area contributed by atoms with Crippen molar-refractivity contribution in [1.82, 2.24) is 0 Å². The third kappa shape index (κ3) is 2.96. The summed E-state index contributed by atoms with van der Waals surface area (Å²) in [5, 5.41) is 22.3. The van der Waals surface area contributed by atoms with Gasteiger partial charge in [-0.25, -0.2) is 4.39 Å². The van der Waals surface area contributed by atoms with Gasteiger partial charge in [-0.1, -0.05) is 6.07 Å². The lowest BCUT2D eigenvalue weighted by Crippen LogP contribution is -2.07.